The molecule has 2 atom stereocenters. The van der Waals surface area contributed by atoms with E-state index < -0.39 is 18.1 Å². The summed E-state index contributed by atoms with van der Waals surface area (Å²) in [6, 6.07) is 6.42. The van der Waals surface area contributed by atoms with Crippen LogP contribution >= 0.6 is 12.4 Å². The zero-order valence-electron chi connectivity index (χ0n) is 11.3. The Bertz CT molecular complexity index is 398. The summed E-state index contributed by atoms with van der Waals surface area (Å²) in [5, 5.41) is 9.95. The van der Waals surface area contributed by atoms with Gasteiger partial charge in [0.15, 0.2) is 0 Å². The van der Waals surface area contributed by atoms with E-state index in [1.807, 2.05) is 6.07 Å². The van der Waals surface area contributed by atoms with E-state index in [4.69, 9.17) is 5.73 Å². The van der Waals surface area contributed by atoms with E-state index in [0.29, 0.717) is 12.0 Å². The molecule has 0 saturated heterocycles. The fourth-order valence-corrected chi connectivity index (χ4v) is 1.81. The van der Waals surface area contributed by atoms with Gasteiger partial charge in [0.05, 0.1) is 24.8 Å². The number of aliphatic hydroxyl groups excluding tert-OH is 1. The second-order valence-electron chi connectivity index (χ2n) is 4.35. The number of esters is 1. The van der Waals surface area contributed by atoms with E-state index >= 15 is 0 Å². The van der Waals surface area contributed by atoms with E-state index in [1.54, 1.807) is 18.2 Å². The van der Waals surface area contributed by atoms with Gasteiger partial charge in [-0.2, -0.15) is 0 Å². The number of rotatable bonds is 6. The van der Waals surface area contributed by atoms with Crippen molar-refractivity contribution in [1.29, 1.82) is 0 Å². The van der Waals surface area contributed by atoms with E-state index in [9.17, 15) is 9.90 Å². The first kappa shape index (κ1) is 17.9. The largest absolute Gasteiger partial charge is 0.465 e. The van der Waals surface area contributed by atoms with E-state index in [-0.39, 0.29) is 12.4 Å². The average molecular weight is 288 g/mol. The van der Waals surface area contributed by atoms with Crippen molar-refractivity contribution in [2.45, 2.75) is 38.3 Å². The van der Waals surface area contributed by atoms with Gasteiger partial charge in [0, 0.05) is 0 Å². The lowest BCUT2D eigenvalue weighted by atomic mass is 9.97. The van der Waals surface area contributed by atoms with Crippen molar-refractivity contribution in [1.82, 2.24) is 0 Å². The number of unbranched alkanes of at least 4 members (excludes halogenated alkanes) is 1. The zero-order chi connectivity index (χ0) is 13.5. The first-order valence-corrected chi connectivity index (χ1v) is 6.22. The second kappa shape index (κ2) is 8.91. The van der Waals surface area contributed by atoms with Gasteiger partial charge in [0.1, 0.15) is 0 Å². The van der Waals surface area contributed by atoms with Gasteiger partial charge in [-0.3, -0.25) is 0 Å². The highest BCUT2D eigenvalue weighted by atomic mass is 35.5. The number of ether oxygens (including phenoxy) is 1. The van der Waals surface area contributed by atoms with Crippen LogP contribution in [0.3, 0.4) is 0 Å². The SMILES string of the molecule is CCCC[C@@H](O)[C@@H](N)c1cccc(C(=O)OC)c1.Cl. The molecule has 0 aliphatic carbocycles. The van der Waals surface area contributed by atoms with Crippen LogP contribution in [0.25, 0.3) is 0 Å². The number of carbonyl (C=O) groups excluding carboxylic acids is 1. The minimum atomic E-state index is -0.585. The first-order chi connectivity index (χ1) is 8.60. The predicted molar refractivity (Wildman–Crippen MR) is 77.5 cm³/mol. The van der Waals surface area contributed by atoms with Gasteiger partial charge in [0.2, 0.25) is 0 Å². The van der Waals surface area contributed by atoms with E-state index in [0.717, 1.165) is 18.4 Å². The van der Waals surface area contributed by atoms with E-state index in [1.165, 1.54) is 7.11 Å². The van der Waals surface area contributed by atoms with Gasteiger partial charge >= 0.3 is 5.97 Å². The number of benzene rings is 1. The van der Waals surface area contributed by atoms with Crippen molar-refractivity contribution < 1.29 is 14.6 Å². The Kier molecular flexibility index (Phi) is 8.39. The second-order valence-corrected chi connectivity index (χ2v) is 4.35. The Hall–Kier alpha value is -1.10. The van der Waals surface area contributed by atoms with Crippen LogP contribution in [0.1, 0.15) is 48.1 Å². The van der Waals surface area contributed by atoms with Gasteiger partial charge in [-0.05, 0) is 24.1 Å². The average Bonchev–Trinajstić information content (AvgIpc) is 2.43. The Balaban J connectivity index is 0.00000324. The number of carbonyl (C=O) groups is 1. The monoisotopic (exact) mass is 287 g/mol. The predicted octanol–water partition coefficient (Wildman–Crippen LogP) is 2.45. The third kappa shape index (κ3) is 5.19. The molecule has 0 spiro atoms. The zero-order valence-corrected chi connectivity index (χ0v) is 12.2. The highest BCUT2D eigenvalue weighted by molar-refractivity contribution is 5.89. The Morgan fingerprint density at radius 1 is 1.47 bits per heavy atom. The molecule has 0 unspecified atom stereocenters. The number of hydrogen-bond acceptors (Lipinski definition) is 4. The molecule has 108 valence electrons. The molecule has 0 fully saturated rings. The molecule has 0 aromatic heterocycles. The summed E-state index contributed by atoms with van der Waals surface area (Å²) in [7, 11) is 1.34. The molecule has 0 amide bonds. The quantitative estimate of drug-likeness (QED) is 0.788. The molecule has 0 aliphatic heterocycles. The van der Waals surface area contributed by atoms with Crippen molar-refractivity contribution >= 4 is 18.4 Å². The molecule has 1 aromatic carbocycles. The standard InChI is InChI=1S/C14H21NO3.ClH/c1-3-4-8-12(16)13(15)10-6-5-7-11(9-10)14(17)18-2;/h5-7,9,12-13,16H,3-4,8,15H2,1-2H3;1H/t12-,13+;/m1./s1. The van der Waals surface area contributed by atoms with Crippen molar-refractivity contribution in [3.8, 4) is 0 Å². The van der Waals surface area contributed by atoms with Crippen LogP contribution < -0.4 is 5.73 Å². The summed E-state index contributed by atoms with van der Waals surface area (Å²) >= 11 is 0. The van der Waals surface area contributed by atoms with Crippen molar-refractivity contribution in [3.63, 3.8) is 0 Å². The van der Waals surface area contributed by atoms with Crippen molar-refractivity contribution in [3.05, 3.63) is 35.4 Å². The molecule has 0 bridgehead atoms. The molecule has 1 aromatic rings. The van der Waals surface area contributed by atoms with Gasteiger partial charge in [-0.1, -0.05) is 31.9 Å². The summed E-state index contributed by atoms with van der Waals surface area (Å²) in [5.41, 5.74) is 7.19. The minimum Gasteiger partial charge on any atom is -0.465 e. The van der Waals surface area contributed by atoms with Gasteiger partial charge in [-0.25, -0.2) is 4.79 Å². The fraction of sp³-hybridized carbons (Fsp3) is 0.500. The smallest absolute Gasteiger partial charge is 0.337 e. The number of methoxy groups -OCH3 is 1. The number of aliphatic hydroxyl groups is 1. The van der Waals surface area contributed by atoms with Gasteiger partial charge in [0.25, 0.3) is 0 Å². The molecule has 0 radical (unpaired) electrons. The number of halogens is 1. The fourth-order valence-electron chi connectivity index (χ4n) is 1.81. The molecule has 1 rings (SSSR count). The van der Waals surface area contributed by atoms with Gasteiger partial charge in [-0.15, -0.1) is 12.4 Å². The summed E-state index contributed by atoms with van der Waals surface area (Å²) in [6.45, 7) is 2.07. The molecular formula is C14H22ClNO3. The van der Waals surface area contributed by atoms with Crippen LogP contribution in [0, 0.1) is 0 Å². The lowest BCUT2D eigenvalue weighted by molar-refractivity contribution is 0.0600. The third-order valence-corrected chi connectivity index (χ3v) is 2.96. The van der Waals surface area contributed by atoms with Crippen LogP contribution in [0.4, 0.5) is 0 Å². The molecule has 19 heavy (non-hydrogen) atoms. The summed E-state index contributed by atoms with van der Waals surface area (Å²) in [5.74, 6) is -0.396. The van der Waals surface area contributed by atoms with Crippen LogP contribution in [0.5, 0.6) is 0 Å². The molecule has 3 N–H and O–H groups in total. The Morgan fingerprint density at radius 3 is 2.74 bits per heavy atom. The lowest BCUT2D eigenvalue weighted by Crippen LogP contribution is -2.26. The highest BCUT2D eigenvalue weighted by Crippen LogP contribution is 2.19. The molecule has 0 saturated carbocycles. The molecular weight excluding hydrogens is 266 g/mol. The maximum atomic E-state index is 11.4. The van der Waals surface area contributed by atoms with Gasteiger partial charge < -0.3 is 15.6 Å². The molecule has 0 aliphatic rings. The first-order valence-electron chi connectivity index (χ1n) is 6.22. The maximum absolute atomic E-state index is 11.4. The number of nitrogens with two attached hydrogens (primary N) is 1. The topological polar surface area (TPSA) is 72.5 Å². The number of hydrogen-bond donors (Lipinski definition) is 2. The summed E-state index contributed by atoms with van der Waals surface area (Å²) < 4.78 is 4.65. The molecule has 0 heterocycles. The van der Waals surface area contributed by atoms with Crippen molar-refractivity contribution in [2.24, 2.45) is 5.73 Å². The van der Waals surface area contributed by atoms with Crippen molar-refractivity contribution in [2.75, 3.05) is 7.11 Å². The van der Waals surface area contributed by atoms with Crippen LogP contribution in [0.2, 0.25) is 0 Å². The Labute approximate surface area is 120 Å². The summed E-state index contributed by atoms with van der Waals surface area (Å²) in [4.78, 5) is 11.4. The van der Waals surface area contributed by atoms with E-state index in [2.05, 4.69) is 11.7 Å². The maximum Gasteiger partial charge on any atom is 0.337 e. The third-order valence-electron chi connectivity index (χ3n) is 2.96. The van der Waals surface area contributed by atoms with Crippen LogP contribution in [0.15, 0.2) is 24.3 Å². The highest BCUT2D eigenvalue weighted by Gasteiger charge is 2.17. The van der Waals surface area contributed by atoms with Crippen LogP contribution in [-0.4, -0.2) is 24.3 Å². The van der Waals surface area contributed by atoms with Crippen LogP contribution in [-0.2, 0) is 4.74 Å². The summed E-state index contributed by atoms with van der Waals surface area (Å²) in [6.07, 6.45) is 2.04. The molecule has 5 heteroatoms. The normalized spacial score (nSPS) is 13.3. The Morgan fingerprint density at radius 2 is 2.16 bits per heavy atom. The minimum absolute atomic E-state index is 0. The molecule has 4 nitrogen and oxygen atoms in total. The lowest BCUT2D eigenvalue weighted by Gasteiger charge is -2.19.